The Hall–Kier alpha value is -0.940. The molecule has 7 nitrogen and oxygen atoms in total. The fourth-order valence-corrected chi connectivity index (χ4v) is 4.55. The van der Waals surface area contributed by atoms with Gasteiger partial charge in [0.2, 0.25) is 0 Å². The van der Waals surface area contributed by atoms with Crippen LogP contribution in [0.25, 0.3) is 0 Å². The summed E-state index contributed by atoms with van der Waals surface area (Å²) >= 11 is 0. The molecule has 1 unspecified atom stereocenters. The summed E-state index contributed by atoms with van der Waals surface area (Å²) in [5, 5.41) is 11.0. The minimum atomic E-state index is -0.0244. The summed E-state index contributed by atoms with van der Waals surface area (Å²) in [6.07, 6.45) is 1.96. The number of aliphatic imine (C=N–C) groups is 1. The molecule has 8 heteroatoms. The van der Waals surface area contributed by atoms with Crippen molar-refractivity contribution < 1.29 is 9.47 Å². The lowest BCUT2D eigenvalue weighted by Crippen LogP contribution is -2.58. The van der Waals surface area contributed by atoms with E-state index in [-0.39, 0.29) is 41.1 Å². The van der Waals surface area contributed by atoms with Gasteiger partial charge in [-0.15, -0.1) is 24.0 Å². The predicted molar refractivity (Wildman–Crippen MR) is 147 cm³/mol. The maximum atomic E-state index is 5.70. The van der Waals surface area contributed by atoms with Crippen molar-refractivity contribution in [3.63, 3.8) is 0 Å². The monoisotopic (exact) mass is 573 g/mol. The van der Waals surface area contributed by atoms with E-state index in [2.05, 4.69) is 78.9 Å². The molecule has 33 heavy (non-hydrogen) atoms. The van der Waals surface area contributed by atoms with Crippen molar-refractivity contribution in [2.75, 3.05) is 59.2 Å². The number of hydrogen-bond acceptors (Lipinski definition) is 5. The van der Waals surface area contributed by atoms with Gasteiger partial charge in [-0.1, -0.05) is 30.3 Å². The third-order valence-electron chi connectivity index (χ3n) is 6.70. The Morgan fingerprint density at radius 3 is 2.33 bits per heavy atom. The van der Waals surface area contributed by atoms with E-state index in [1.807, 2.05) is 0 Å². The van der Waals surface area contributed by atoms with E-state index in [0.717, 1.165) is 78.0 Å². The van der Waals surface area contributed by atoms with Gasteiger partial charge >= 0.3 is 0 Å². The van der Waals surface area contributed by atoms with Gasteiger partial charge in [0.25, 0.3) is 0 Å². The van der Waals surface area contributed by atoms with Gasteiger partial charge in [0, 0.05) is 56.5 Å². The molecule has 2 aliphatic rings. The van der Waals surface area contributed by atoms with Crippen LogP contribution in [-0.2, 0) is 9.47 Å². The van der Waals surface area contributed by atoms with Crippen LogP contribution in [0.3, 0.4) is 0 Å². The quantitative estimate of drug-likeness (QED) is 0.240. The molecule has 1 atom stereocenters. The second-order valence-electron chi connectivity index (χ2n) is 9.63. The highest BCUT2D eigenvalue weighted by Crippen LogP contribution is 2.25. The van der Waals surface area contributed by atoms with Crippen LogP contribution in [0.2, 0.25) is 0 Å². The molecule has 1 aromatic rings. The number of nitrogens with zero attached hydrogens (tertiary/aromatic N) is 2. The lowest BCUT2D eigenvalue weighted by atomic mass is 9.88. The SMILES string of the molecule is CCNC(=NCC(C)(C)N1CCOCC1)NCC1(NC(C)c2ccccc2)CCOCC1.I. The molecule has 0 spiro atoms. The zero-order valence-electron chi connectivity index (χ0n) is 20.9. The van der Waals surface area contributed by atoms with Crippen LogP contribution in [0.15, 0.2) is 35.3 Å². The fraction of sp³-hybridized carbons (Fsp3) is 0.720. The normalized spacial score (nSPS) is 20.5. The Bertz CT molecular complexity index is 704. The van der Waals surface area contributed by atoms with Crippen LogP contribution in [0, 0.1) is 0 Å². The Balaban J connectivity index is 0.00000385. The summed E-state index contributed by atoms with van der Waals surface area (Å²) in [6, 6.07) is 10.9. The fourth-order valence-electron chi connectivity index (χ4n) is 4.55. The van der Waals surface area contributed by atoms with E-state index in [1.54, 1.807) is 0 Å². The number of rotatable bonds is 9. The zero-order chi connectivity index (χ0) is 22.9. The second-order valence-corrected chi connectivity index (χ2v) is 9.63. The smallest absolute Gasteiger partial charge is 0.191 e. The largest absolute Gasteiger partial charge is 0.381 e. The molecule has 0 aromatic heterocycles. The molecule has 2 aliphatic heterocycles. The lowest BCUT2D eigenvalue weighted by molar-refractivity contribution is -0.00685. The minimum absolute atomic E-state index is 0. The first-order valence-corrected chi connectivity index (χ1v) is 12.2. The average molecular weight is 574 g/mol. The van der Waals surface area contributed by atoms with Crippen molar-refractivity contribution in [1.29, 1.82) is 0 Å². The summed E-state index contributed by atoms with van der Waals surface area (Å²) < 4.78 is 11.2. The number of hydrogen-bond donors (Lipinski definition) is 3. The molecule has 0 aliphatic carbocycles. The summed E-state index contributed by atoms with van der Waals surface area (Å²) in [6.45, 7) is 16.4. The lowest BCUT2D eigenvalue weighted by Gasteiger charge is -2.41. The summed E-state index contributed by atoms with van der Waals surface area (Å²) in [4.78, 5) is 7.44. The van der Waals surface area contributed by atoms with Crippen LogP contribution >= 0.6 is 24.0 Å². The molecule has 3 rings (SSSR count). The summed E-state index contributed by atoms with van der Waals surface area (Å²) in [7, 11) is 0. The van der Waals surface area contributed by atoms with Crippen molar-refractivity contribution in [3.05, 3.63) is 35.9 Å². The van der Waals surface area contributed by atoms with Gasteiger partial charge in [-0.3, -0.25) is 9.89 Å². The van der Waals surface area contributed by atoms with E-state index in [4.69, 9.17) is 14.5 Å². The first-order valence-electron chi connectivity index (χ1n) is 12.2. The minimum Gasteiger partial charge on any atom is -0.381 e. The van der Waals surface area contributed by atoms with Crippen LogP contribution in [-0.4, -0.2) is 81.1 Å². The molecule has 0 bridgehead atoms. The van der Waals surface area contributed by atoms with Gasteiger partial charge in [0.15, 0.2) is 5.96 Å². The molecule has 0 radical (unpaired) electrons. The topological polar surface area (TPSA) is 70.2 Å². The van der Waals surface area contributed by atoms with Gasteiger partial charge in [0.1, 0.15) is 0 Å². The molecule has 3 N–H and O–H groups in total. The summed E-state index contributed by atoms with van der Waals surface area (Å²) in [5.74, 6) is 0.883. The third kappa shape index (κ3) is 8.65. The summed E-state index contributed by atoms with van der Waals surface area (Å²) in [5.41, 5.74) is 1.29. The van der Waals surface area contributed by atoms with Crippen LogP contribution in [0.5, 0.6) is 0 Å². The van der Waals surface area contributed by atoms with Crippen LogP contribution in [0.4, 0.5) is 0 Å². The van der Waals surface area contributed by atoms with Gasteiger partial charge in [-0.2, -0.15) is 0 Å². The Morgan fingerprint density at radius 2 is 1.70 bits per heavy atom. The van der Waals surface area contributed by atoms with Crippen molar-refractivity contribution in [1.82, 2.24) is 20.9 Å². The number of morpholine rings is 1. The van der Waals surface area contributed by atoms with Crippen LogP contribution < -0.4 is 16.0 Å². The number of ether oxygens (including phenoxy) is 2. The van der Waals surface area contributed by atoms with E-state index < -0.39 is 0 Å². The third-order valence-corrected chi connectivity index (χ3v) is 6.70. The maximum absolute atomic E-state index is 5.70. The van der Waals surface area contributed by atoms with Gasteiger partial charge in [0.05, 0.1) is 19.8 Å². The van der Waals surface area contributed by atoms with Gasteiger partial charge in [-0.25, -0.2) is 0 Å². The highest BCUT2D eigenvalue weighted by molar-refractivity contribution is 14.0. The van der Waals surface area contributed by atoms with E-state index in [0.29, 0.717) is 0 Å². The van der Waals surface area contributed by atoms with E-state index in [9.17, 15) is 0 Å². The van der Waals surface area contributed by atoms with Crippen LogP contribution in [0.1, 0.15) is 52.1 Å². The van der Waals surface area contributed by atoms with Crippen molar-refractivity contribution in [3.8, 4) is 0 Å². The highest BCUT2D eigenvalue weighted by atomic mass is 127. The molecule has 1 aromatic carbocycles. The first kappa shape index (κ1) is 28.3. The Kier molecular flexibility index (Phi) is 11.9. The standard InChI is InChI=1S/C25H43N5O2.HI/c1-5-26-23(27-19-24(3,4)30-13-17-32-18-14-30)28-20-25(11-15-31-16-12-25)29-21(2)22-9-7-6-8-10-22;/h6-10,21,29H,5,11-20H2,1-4H3,(H2,26,27,28);1H. The number of nitrogens with one attached hydrogen (secondary N) is 3. The van der Waals surface area contributed by atoms with Crippen molar-refractivity contribution in [2.45, 2.75) is 57.7 Å². The molecule has 2 saturated heterocycles. The molecule has 0 amide bonds. The number of benzene rings is 1. The van der Waals surface area contributed by atoms with Crippen molar-refractivity contribution in [2.24, 2.45) is 4.99 Å². The van der Waals surface area contributed by atoms with E-state index in [1.165, 1.54) is 5.56 Å². The zero-order valence-corrected chi connectivity index (χ0v) is 23.2. The average Bonchev–Trinajstić information content (AvgIpc) is 2.82. The van der Waals surface area contributed by atoms with E-state index >= 15 is 0 Å². The van der Waals surface area contributed by atoms with Gasteiger partial charge in [-0.05, 0) is 46.1 Å². The number of guanidine groups is 1. The first-order chi connectivity index (χ1) is 15.4. The number of halogens is 1. The highest BCUT2D eigenvalue weighted by Gasteiger charge is 2.34. The Morgan fingerprint density at radius 1 is 1.06 bits per heavy atom. The molecule has 2 fully saturated rings. The maximum Gasteiger partial charge on any atom is 0.191 e. The molecule has 2 heterocycles. The molecule has 188 valence electrons. The van der Waals surface area contributed by atoms with Crippen molar-refractivity contribution >= 4 is 29.9 Å². The molecule has 0 saturated carbocycles. The predicted octanol–water partition coefficient (Wildman–Crippen LogP) is 3.17. The molecular formula is C25H44IN5O2. The molecular weight excluding hydrogens is 529 g/mol. The second kappa shape index (κ2) is 13.8. The Labute approximate surface area is 217 Å². The van der Waals surface area contributed by atoms with Gasteiger partial charge < -0.3 is 25.4 Å².